The Morgan fingerprint density at radius 3 is 2.57 bits per heavy atom. The number of esters is 1. The normalized spacial score (nSPS) is 12.9. The van der Waals surface area contributed by atoms with Crippen LogP contribution in [0.15, 0.2) is 60.9 Å². The molecule has 2 unspecified atom stereocenters. The van der Waals surface area contributed by atoms with E-state index in [1.807, 2.05) is 29.1 Å². The molecule has 2 aromatic carbocycles. The molecule has 0 saturated heterocycles. The molecule has 0 aliphatic rings. The monoisotopic (exact) mass is 484 g/mol. The van der Waals surface area contributed by atoms with Gasteiger partial charge in [-0.2, -0.15) is 5.10 Å². The molecule has 2 atom stereocenters. The molecule has 0 saturated carbocycles. The summed E-state index contributed by atoms with van der Waals surface area (Å²) in [5.41, 5.74) is 9.15. The first kappa shape index (κ1) is 26.5. The van der Waals surface area contributed by atoms with Gasteiger partial charge >= 0.3 is 5.97 Å². The average molecular weight is 485 g/mol. The minimum Gasteiger partial charge on any atom is -0.459 e. The van der Waals surface area contributed by atoms with E-state index in [0.29, 0.717) is 25.1 Å². The third-order valence-corrected chi connectivity index (χ3v) is 5.81. The Bertz CT molecular complexity index is 1040. The van der Waals surface area contributed by atoms with Crippen LogP contribution in [0.4, 0.5) is 8.78 Å². The van der Waals surface area contributed by atoms with Gasteiger partial charge in [-0.05, 0) is 60.6 Å². The van der Waals surface area contributed by atoms with Crippen molar-refractivity contribution in [3.05, 3.63) is 89.2 Å². The number of rotatable bonds is 14. The van der Waals surface area contributed by atoms with E-state index in [9.17, 15) is 13.6 Å². The van der Waals surface area contributed by atoms with Gasteiger partial charge in [-0.1, -0.05) is 31.2 Å². The van der Waals surface area contributed by atoms with Gasteiger partial charge in [-0.3, -0.25) is 9.48 Å². The van der Waals surface area contributed by atoms with Crippen molar-refractivity contribution in [2.75, 3.05) is 6.54 Å². The summed E-state index contributed by atoms with van der Waals surface area (Å²) in [6, 6.07) is 12.8. The summed E-state index contributed by atoms with van der Waals surface area (Å²) in [4.78, 5) is 12.5. The lowest BCUT2D eigenvalue weighted by Crippen LogP contribution is -2.46. The first-order chi connectivity index (χ1) is 16.9. The highest BCUT2D eigenvalue weighted by atomic mass is 19.1. The number of carbonyl (C=O) groups excluding carboxylic acids is 1. The first-order valence-electron chi connectivity index (χ1n) is 12.1. The SMILES string of the molecule is CCc1cccc(CNCC(OC(=O)CCCCn2cccn2)C(N)Cc2cc(F)cc(F)c2)c1. The first-order valence-corrected chi connectivity index (χ1v) is 12.1. The van der Waals surface area contributed by atoms with Crippen LogP contribution in [0.2, 0.25) is 0 Å². The van der Waals surface area contributed by atoms with Crippen molar-refractivity contribution in [3.8, 4) is 0 Å². The molecule has 0 aliphatic heterocycles. The molecule has 0 radical (unpaired) electrons. The number of aromatic nitrogens is 2. The van der Waals surface area contributed by atoms with Gasteiger partial charge < -0.3 is 15.8 Å². The average Bonchev–Trinajstić information content (AvgIpc) is 3.34. The summed E-state index contributed by atoms with van der Waals surface area (Å²) < 4.78 is 34.8. The maximum Gasteiger partial charge on any atom is 0.306 e. The van der Waals surface area contributed by atoms with E-state index < -0.39 is 23.8 Å². The number of benzene rings is 2. The minimum absolute atomic E-state index is 0.179. The standard InChI is InChI=1S/C27H34F2N4O2/c1-2-20-7-5-8-21(13-20)18-31-19-26(25(30)16-22-14-23(28)17-24(29)15-22)35-27(34)9-3-4-11-33-12-6-10-32-33/h5-8,10,12-15,17,25-26,31H,2-4,9,11,16,18-19,30H2,1H3. The van der Waals surface area contributed by atoms with E-state index in [0.717, 1.165) is 31.0 Å². The molecule has 1 aromatic heterocycles. The van der Waals surface area contributed by atoms with Crippen LogP contribution in [0, 0.1) is 11.6 Å². The Morgan fingerprint density at radius 1 is 1.09 bits per heavy atom. The Kier molecular flexibility index (Phi) is 10.4. The van der Waals surface area contributed by atoms with Gasteiger partial charge in [0.2, 0.25) is 0 Å². The lowest BCUT2D eigenvalue weighted by atomic mass is 10.0. The summed E-state index contributed by atoms with van der Waals surface area (Å²) in [5, 5.41) is 7.47. The van der Waals surface area contributed by atoms with E-state index in [-0.39, 0.29) is 18.8 Å². The van der Waals surface area contributed by atoms with Crippen molar-refractivity contribution < 1.29 is 18.3 Å². The van der Waals surface area contributed by atoms with Crippen LogP contribution >= 0.6 is 0 Å². The van der Waals surface area contributed by atoms with E-state index in [2.05, 4.69) is 29.5 Å². The van der Waals surface area contributed by atoms with Crippen LogP contribution in [-0.2, 0) is 35.5 Å². The molecule has 3 aromatic rings. The maximum atomic E-state index is 13.6. The summed E-state index contributed by atoms with van der Waals surface area (Å²) in [6.45, 7) is 3.75. The van der Waals surface area contributed by atoms with Crippen LogP contribution in [-0.4, -0.2) is 34.4 Å². The highest BCUT2D eigenvalue weighted by Crippen LogP contribution is 2.13. The Balaban J connectivity index is 1.56. The Hall–Kier alpha value is -3.10. The molecule has 35 heavy (non-hydrogen) atoms. The smallest absolute Gasteiger partial charge is 0.306 e. The van der Waals surface area contributed by atoms with Gasteiger partial charge in [0.25, 0.3) is 0 Å². The number of halogens is 2. The molecule has 0 amide bonds. The number of ether oxygens (including phenoxy) is 1. The zero-order chi connectivity index (χ0) is 25.0. The van der Waals surface area contributed by atoms with Crippen LogP contribution in [0.25, 0.3) is 0 Å². The molecular formula is C27H34F2N4O2. The number of hydrogen-bond donors (Lipinski definition) is 2. The van der Waals surface area contributed by atoms with Crippen LogP contribution in [0.3, 0.4) is 0 Å². The molecule has 1 heterocycles. The molecule has 8 heteroatoms. The number of nitrogens with two attached hydrogens (primary N) is 1. The lowest BCUT2D eigenvalue weighted by Gasteiger charge is -2.25. The molecule has 3 rings (SSSR count). The van der Waals surface area contributed by atoms with Crippen molar-refractivity contribution >= 4 is 5.97 Å². The molecule has 0 spiro atoms. The van der Waals surface area contributed by atoms with Gasteiger partial charge in [0.15, 0.2) is 0 Å². The maximum absolute atomic E-state index is 13.6. The van der Waals surface area contributed by atoms with Crippen molar-refractivity contribution in [1.29, 1.82) is 0 Å². The van der Waals surface area contributed by atoms with Crippen molar-refractivity contribution in [1.82, 2.24) is 15.1 Å². The highest BCUT2D eigenvalue weighted by Gasteiger charge is 2.23. The predicted octanol–water partition coefficient (Wildman–Crippen LogP) is 4.17. The van der Waals surface area contributed by atoms with Crippen molar-refractivity contribution in [3.63, 3.8) is 0 Å². The van der Waals surface area contributed by atoms with Crippen molar-refractivity contribution in [2.24, 2.45) is 5.73 Å². The quantitative estimate of drug-likeness (QED) is 0.265. The Morgan fingerprint density at radius 2 is 1.86 bits per heavy atom. The second-order valence-corrected chi connectivity index (χ2v) is 8.70. The molecule has 6 nitrogen and oxygen atoms in total. The fourth-order valence-corrected chi connectivity index (χ4v) is 3.93. The van der Waals surface area contributed by atoms with E-state index in [1.165, 1.54) is 17.7 Å². The summed E-state index contributed by atoms with van der Waals surface area (Å²) >= 11 is 0. The minimum atomic E-state index is -0.660. The van der Waals surface area contributed by atoms with Gasteiger partial charge in [0.05, 0.1) is 0 Å². The van der Waals surface area contributed by atoms with Gasteiger partial charge in [-0.15, -0.1) is 0 Å². The number of nitrogens with zero attached hydrogens (tertiary/aromatic N) is 2. The van der Waals surface area contributed by atoms with Crippen LogP contribution in [0.5, 0.6) is 0 Å². The van der Waals surface area contributed by atoms with E-state index >= 15 is 0 Å². The number of aryl methyl sites for hydroxylation is 2. The van der Waals surface area contributed by atoms with Crippen LogP contribution < -0.4 is 11.1 Å². The molecular weight excluding hydrogens is 450 g/mol. The number of hydrogen-bond acceptors (Lipinski definition) is 5. The summed E-state index contributed by atoms with van der Waals surface area (Å²) in [5.74, 6) is -1.66. The molecule has 0 aliphatic carbocycles. The number of nitrogens with one attached hydrogen (secondary N) is 1. The van der Waals surface area contributed by atoms with Gasteiger partial charge in [-0.25, -0.2) is 8.78 Å². The molecule has 188 valence electrons. The lowest BCUT2D eigenvalue weighted by molar-refractivity contribution is -0.150. The van der Waals surface area contributed by atoms with Crippen molar-refractivity contribution in [2.45, 2.75) is 64.3 Å². The fourth-order valence-electron chi connectivity index (χ4n) is 3.93. The topological polar surface area (TPSA) is 82.2 Å². The zero-order valence-corrected chi connectivity index (χ0v) is 20.1. The van der Waals surface area contributed by atoms with Crippen LogP contribution in [0.1, 0.15) is 42.9 Å². The van der Waals surface area contributed by atoms with E-state index in [4.69, 9.17) is 10.5 Å². The zero-order valence-electron chi connectivity index (χ0n) is 20.1. The third-order valence-electron chi connectivity index (χ3n) is 5.81. The highest BCUT2D eigenvalue weighted by molar-refractivity contribution is 5.69. The number of unbranched alkanes of at least 4 members (excludes halogenated alkanes) is 1. The molecule has 0 bridgehead atoms. The van der Waals surface area contributed by atoms with E-state index in [1.54, 1.807) is 6.20 Å². The second-order valence-electron chi connectivity index (χ2n) is 8.70. The molecule has 0 fully saturated rings. The second kappa shape index (κ2) is 13.7. The Labute approximate surface area is 205 Å². The summed E-state index contributed by atoms with van der Waals surface area (Å²) in [6.07, 6.45) is 5.80. The largest absolute Gasteiger partial charge is 0.459 e. The fraction of sp³-hybridized carbons (Fsp3) is 0.407. The van der Waals surface area contributed by atoms with Gasteiger partial charge in [0, 0.05) is 50.6 Å². The molecule has 3 N–H and O–H groups in total. The third kappa shape index (κ3) is 9.22. The number of carbonyl (C=O) groups is 1. The van der Waals surface area contributed by atoms with Gasteiger partial charge in [0.1, 0.15) is 17.7 Å². The predicted molar refractivity (Wildman–Crippen MR) is 132 cm³/mol. The summed E-state index contributed by atoms with van der Waals surface area (Å²) in [7, 11) is 0.